The molecular formula is C11H21O4P. The van der Waals surface area contributed by atoms with Gasteiger partial charge in [-0.3, -0.25) is 9.36 Å². The van der Waals surface area contributed by atoms with Gasteiger partial charge < -0.3 is 9.05 Å². The Morgan fingerprint density at radius 3 is 2.38 bits per heavy atom. The number of ketones is 1. The molecule has 5 heteroatoms. The Morgan fingerprint density at radius 2 is 1.94 bits per heavy atom. The summed E-state index contributed by atoms with van der Waals surface area (Å²) in [5.74, 6) is -0.189. The van der Waals surface area contributed by atoms with Crippen LogP contribution in [0.5, 0.6) is 0 Å². The quantitative estimate of drug-likeness (QED) is 0.489. The molecule has 0 aromatic heterocycles. The molecule has 1 atom stereocenters. The molecule has 0 bridgehead atoms. The Labute approximate surface area is 97.6 Å². The fourth-order valence-electron chi connectivity index (χ4n) is 1.22. The zero-order chi connectivity index (χ0) is 12.6. The average molecular weight is 248 g/mol. The molecule has 0 amide bonds. The van der Waals surface area contributed by atoms with Crippen molar-refractivity contribution >= 4 is 13.4 Å². The van der Waals surface area contributed by atoms with Crippen molar-refractivity contribution in [3.05, 3.63) is 12.2 Å². The molecule has 0 aliphatic carbocycles. The molecular weight excluding hydrogens is 227 g/mol. The molecule has 0 spiro atoms. The minimum Gasteiger partial charge on any atom is -0.312 e. The minimum atomic E-state index is -3.20. The lowest BCUT2D eigenvalue weighted by Crippen LogP contribution is -2.16. The second-order valence-corrected chi connectivity index (χ2v) is 5.92. The van der Waals surface area contributed by atoms with E-state index in [0.29, 0.717) is 0 Å². The van der Waals surface area contributed by atoms with Crippen LogP contribution in [0.4, 0.5) is 0 Å². The molecule has 0 aromatic carbocycles. The van der Waals surface area contributed by atoms with E-state index in [-0.39, 0.29) is 17.9 Å². The lowest BCUT2D eigenvalue weighted by Gasteiger charge is -2.15. The zero-order valence-corrected chi connectivity index (χ0v) is 11.3. The molecule has 16 heavy (non-hydrogen) atoms. The van der Waals surface area contributed by atoms with Crippen LogP contribution in [0.25, 0.3) is 0 Å². The first kappa shape index (κ1) is 15.6. The molecule has 1 unspecified atom stereocenters. The molecule has 0 heterocycles. The second-order valence-electron chi connectivity index (χ2n) is 3.65. The number of hydrogen-bond acceptors (Lipinski definition) is 4. The van der Waals surface area contributed by atoms with Crippen LogP contribution in [0.2, 0.25) is 0 Å². The summed E-state index contributed by atoms with van der Waals surface area (Å²) in [5, 5.41) is 0. The largest absolute Gasteiger partial charge is 0.337 e. The molecule has 94 valence electrons. The first-order valence-electron chi connectivity index (χ1n) is 5.33. The number of carbonyl (C=O) groups is 1. The van der Waals surface area contributed by atoms with Gasteiger partial charge in [-0.25, -0.2) is 0 Å². The summed E-state index contributed by atoms with van der Waals surface area (Å²) < 4.78 is 21.2. The summed E-state index contributed by atoms with van der Waals surface area (Å²) in [7, 11) is -0.610. The van der Waals surface area contributed by atoms with Gasteiger partial charge in [0.1, 0.15) is 11.9 Å². The van der Waals surface area contributed by atoms with E-state index in [0.717, 1.165) is 12.8 Å². The standard InChI is InChI=1S/C11H21O4P/c1-5-6-7-8-10(2)11(12)9-16(13,14-3)15-4/h5-6,10H,7-9H2,1-4H3. The maximum atomic E-state index is 11.7. The third-order valence-corrected chi connectivity index (χ3v) is 4.27. The topological polar surface area (TPSA) is 52.6 Å². The van der Waals surface area contributed by atoms with Crippen LogP contribution in [-0.2, 0) is 18.4 Å². The number of rotatable bonds is 8. The highest BCUT2D eigenvalue weighted by Gasteiger charge is 2.27. The third-order valence-electron chi connectivity index (χ3n) is 2.46. The number of Topliss-reactive ketones (excluding diaryl/α,β-unsaturated/α-hetero) is 1. The van der Waals surface area contributed by atoms with Gasteiger partial charge in [0.15, 0.2) is 0 Å². The summed E-state index contributed by atoms with van der Waals surface area (Å²) in [5.41, 5.74) is 0. The second kappa shape index (κ2) is 7.77. The van der Waals surface area contributed by atoms with Crippen molar-refractivity contribution in [1.29, 1.82) is 0 Å². The van der Waals surface area contributed by atoms with Gasteiger partial charge in [-0.15, -0.1) is 0 Å². The molecule has 0 N–H and O–H groups in total. The Morgan fingerprint density at radius 1 is 1.38 bits per heavy atom. The predicted molar refractivity (Wildman–Crippen MR) is 64.7 cm³/mol. The van der Waals surface area contributed by atoms with Crippen LogP contribution < -0.4 is 0 Å². The SMILES string of the molecule is CC=CCCC(C)C(=O)CP(=O)(OC)OC. The normalized spacial score (nSPS) is 14.2. The average Bonchev–Trinajstić information content (AvgIpc) is 2.29. The van der Waals surface area contributed by atoms with E-state index in [2.05, 4.69) is 0 Å². The Kier molecular flexibility index (Phi) is 7.56. The molecule has 0 aliphatic rings. The summed E-state index contributed by atoms with van der Waals surface area (Å²) in [4.78, 5) is 11.7. The van der Waals surface area contributed by atoms with Gasteiger partial charge in [0.2, 0.25) is 0 Å². The maximum Gasteiger partial charge on any atom is 0.337 e. The predicted octanol–water partition coefficient (Wildman–Crippen LogP) is 3.03. The van der Waals surface area contributed by atoms with E-state index in [9.17, 15) is 9.36 Å². The van der Waals surface area contributed by atoms with Gasteiger partial charge in [0.05, 0.1) is 0 Å². The van der Waals surface area contributed by atoms with E-state index in [1.54, 1.807) is 0 Å². The van der Waals surface area contributed by atoms with Crippen LogP contribution in [0.1, 0.15) is 26.7 Å². The molecule has 0 aromatic rings. The van der Waals surface area contributed by atoms with Gasteiger partial charge in [0, 0.05) is 20.1 Å². The molecule has 0 saturated carbocycles. The highest BCUT2D eigenvalue weighted by molar-refractivity contribution is 7.54. The van der Waals surface area contributed by atoms with Crippen LogP contribution >= 0.6 is 7.60 Å². The van der Waals surface area contributed by atoms with Crippen molar-refractivity contribution in [1.82, 2.24) is 0 Å². The summed E-state index contributed by atoms with van der Waals surface area (Å²) in [6.45, 7) is 3.78. The van der Waals surface area contributed by atoms with Gasteiger partial charge >= 0.3 is 7.60 Å². The minimum absolute atomic E-state index is 0.0727. The molecule has 0 aliphatic heterocycles. The summed E-state index contributed by atoms with van der Waals surface area (Å²) in [6.07, 6.45) is 5.43. The smallest absolute Gasteiger partial charge is 0.312 e. The van der Waals surface area contributed by atoms with Crippen LogP contribution in [-0.4, -0.2) is 26.2 Å². The monoisotopic (exact) mass is 248 g/mol. The van der Waals surface area contributed by atoms with Gasteiger partial charge in [-0.1, -0.05) is 19.1 Å². The molecule has 0 rings (SSSR count). The molecule has 4 nitrogen and oxygen atoms in total. The highest BCUT2D eigenvalue weighted by Crippen LogP contribution is 2.46. The zero-order valence-electron chi connectivity index (χ0n) is 10.4. The first-order chi connectivity index (χ1) is 7.49. The van der Waals surface area contributed by atoms with Crippen LogP contribution in [0.15, 0.2) is 12.2 Å². The van der Waals surface area contributed by atoms with Crippen LogP contribution in [0, 0.1) is 5.92 Å². The fourth-order valence-corrected chi connectivity index (χ4v) is 2.32. The number of allylic oxidation sites excluding steroid dienone is 2. The van der Waals surface area contributed by atoms with E-state index in [1.165, 1.54) is 14.2 Å². The van der Waals surface area contributed by atoms with Gasteiger partial charge in [-0.05, 0) is 19.8 Å². The van der Waals surface area contributed by atoms with Crippen molar-refractivity contribution in [3.8, 4) is 0 Å². The number of carbonyl (C=O) groups excluding carboxylic acids is 1. The highest BCUT2D eigenvalue weighted by atomic mass is 31.2. The van der Waals surface area contributed by atoms with Crippen molar-refractivity contribution in [2.75, 3.05) is 20.4 Å². The Balaban J connectivity index is 4.19. The summed E-state index contributed by atoms with van der Waals surface area (Å²) >= 11 is 0. The van der Waals surface area contributed by atoms with Crippen molar-refractivity contribution in [2.45, 2.75) is 26.7 Å². The number of hydrogen-bond donors (Lipinski definition) is 0. The van der Waals surface area contributed by atoms with E-state index in [4.69, 9.17) is 9.05 Å². The van der Waals surface area contributed by atoms with E-state index >= 15 is 0 Å². The Hall–Kier alpha value is -0.440. The van der Waals surface area contributed by atoms with E-state index in [1.807, 2.05) is 26.0 Å². The lowest BCUT2D eigenvalue weighted by atomic mass is 10.0. The Bertz CT molecular complexity index is 278. The van der Waals surface area contributed by atoms with Gasteiger partial charge in [0.25, 0.3) is 0 Å². The van der Waals surface area contributed by atoms with Crippen molar-refractivity contribution in [2.24, 2.45) is 5.92 Å². The van der Waals surface area contributed by atoms with Crippen LogP contribution in [0.3, 0.4) is 0 Å². The van der Waals surface area contributed by atoms with Crippen molar-refractivity contribution < 1.29 is 18.4 Å². The van der Waals surface area contributed by atoms with E-state index < -0.39 is 7.60 Å². The third kappa shape index (κ3) is 5.59. The maximum absolute atomic E-state index is 11.7. The molecule has 0 fully saturated rings. The van der Waals surface area contributed by atoms with Gasteiger partial charge in [-0.2, -0.15) is 0 Å². The fraction of sp³-hybridized carbons (Fsp3) is 0.727. The van der Waals surface area contributed by atoms with Crippen molar-refractivity contribution in [3.63, 3.8) is 0 Å². The summed E-state index contributed by atoms with van der Waals surface area (Å²) in [6, 6.07) is 0. The molecule has 0 saturated heterocycles. The molecule has 0 radical (unpaired) electrons. The first-order valence-corrected chi connectivity index (χ1v) is 7.06. The lowest BCUT2D eigenvalue weighted by molar-refractivity contribution is -0.120.